The number of nitrogens with zero attached hydrogens (tertiary/aromatic N) is 1. The van der Waals surface area contributed by atoms with E-state index < -0.39 is 0 Å². The molecule has 5 heteroatoms. The summed E-state index contributed by atoms with van der Waals surface area (Å²) in [6.45, 7) is 0.341. The zero-order chi connectivity index (χ0) is 12.4. The predicted molar refractivity (Wildman–Crippen MR) is 67.2 cm³/mol. The summed E-state index contributed by atoms with van der Waals surface area (Å²) in [5.74, 6) is -0.343. The number of nitrogens with two attached hydrogens (primary N) is 1. The van der Waals surface area contributed by atoms with Crippen LogP contribution >= 0.6 is 15.9 Å². The first-order chi connectivity index (χ1) is 8.06. The zero-order valence-electron chi connectivity index (χ0n) is 9.23. The molecule has 4 nitrogen and oxygen atoms in total. The van der Waals surface area contributed by atoms with E-state index in [0.717, 1.165) is 10.0 Å². The number of carbonyl (C=O) groups excluding carboxylic acids is 2. The second kappa shape index (κ2) is 4.98. The molecular weight excluding hydrogens is 284 g/mol. The molecule has 1 fully saturated rings. The normalized spacial score (nSPS) is 19.8. The van der Waals surface area contributed by atoms with Gasteiger partial charge in [-0.2, -0.15) is 0 Å². The van der Waals surface area contributed by atoms with Crippen LogP contribution in [0.2, 0.25) is 0 Å². The van der Waals surface area contributed by atoms with E-state index in [1.54, 1.807) is 0 Å². The summed E-state index contributed by atoms with van der Waals surface area (Å²) in [7, 11) is 0. The average Bonchev–Trinajstić information content (AvgIpc) is 2.61. The monoisotopic (exact) mass is 296 g/mol. The Labute approximate surface area is 108 Å². The van der Waals surface area contributed by atoms with Gasteiger partial charge in [0.15, 0.2) is 0 Å². The van der Waals surface area contributed by atoms with Crippen LogP contribution in [0.1, 0.15) is 12.0 Å². The van der Waals surface area contributed by atoms with Gasteiger partial charge in [0.2, 0.25) is 11.8 Å². The Morgan fingerprint density at radius 1 is 1.41 bits per heavy atom. The minimum atomic E-state index is -0.212. The van der Waals surface area contributed by atoms with Crippen molar-refractivity contribution in [2.45, 2.75) is 18.9 Å². The van der Waals surface area contributed by atoms with Gasteiger partial charge in [0.05, 0.1) is 6.42 Å². The molecule has 0 aromatic heterocycles. The molecular formula is C12H13BrN2O2. The Balaban J connectivity index is 2.02. The summed E-state index contributed by atoms with van der Waals surface area (Å²) >= 11 is 3.33. The molecule has 0 bridgehead atoms. The van der Waals surface area contributed by atoms with Crippen LogP contribution in [0.15, 0.2) is 28.7 Å². The van der Waals surface area contributed by atoms with E-state index in [4.69, 9.17) is 5.73 Å². The number of imide groups is 1. The van der Waals surface area contributed by atoms with Gasteiger partial charge >= 0.3 is 0 Å². The lowest BCUT2D eigenvalue weighted by Gasteiger charge is -2.13. The molecule has 2 rings (SSSR count). The number of likely N-dealkylation sites (tertiary alicyclic amines) is 1. The number of hydrogen-bond donors (Lipinski definition) is 1. The van der Waals surface area contributed by atoms with E-state index in [1.165, 1.54) is 4.90 Å². The molecule has 0 saturated carbocycles. The fourth-order valence-corrected chi connectivity index (χ4v) is 2.11. The smallest absolute Gasteiger partial charge is 0.233 e. The standard InChI is InChI=1S/C12H13BrN2O2/c13-9-3-1-8(2-4-9)5-11(16)15-7-10(14)6-12(15)17/h1-4,10H,5-7,14H2. The molecule has 2 amide bonds. The summed E-state index contributed by atoms with van der Waals surface area (Å²) in [5, 5.41) is 0. The lowest BCUT2D eigenvalue weighted by Crippen LogP contribution is -2.35. The van der Waals surface area contributed by atoms with Crippen LogP contribution in [0, 0.1) is 0 Å². The lowest BCUT2D eigenvalue weighted by molar-refractivity contribution is -0.141. The van der Waals surface area contributed by atoms with Gasteiger partial charge in [-0.05, 0) is 17.7 Å². The third-order valence-electron chi connectivity index (χ3n) is 2.72. The van der Waals surface area contributed by atoms with Crippen molar-refractivity contribution >= 4 is 27.7 Å². The van der Waals surface area contributed by atoms with Gasteiger partial charge in [0.25, 0.3) is 0 Å². The number of benzene rings is 1. The number of carbonyl (C=O) groups is 2. The first-order valence-corrected chi connectivity index (χ1v) is 6.19. The third kappa shape index (κ3) is 2.92. The van der Waals surface area contributed by atoms with Crippen LogP contribution < -0.4 is 5.73 Å². The van der Waals surface area contributed by atoms with Crippen molar-refractivity contribution in [3.63, 3.8) is 0 Å². The summed E-state index contributed by atoms with van der Waals surface area (Å²) in [5.41, 5.74) is 6.54. The van der Waals surface area contributed by atoms with Crippen molar-refractivity contribution in [2.24, 2.45) is 5.73 Å². The minimum Gasteiger partial charge on any atom is -0.326 e. The molecule has 90 valence electrons. The van der Waals surface area contributed by atoms with Gasteiger partial charge < -0.3 is 5.73 Å². The van der Waals surface area contributed by atoms with Crippen molar-refractivity contribution < 1.29 is 9.59 Å². The second-order valence-electron chi connectivity index (χ2n) is 4.17. The largest absolute Gasteiger partial charge is 0.326 e. The van der Waals surface area contributed by atoms with Crippen LogP contribution in [0.25, 0.3) is 0 Å². The zero-order valence-corrected chi connectivity index (χ0v) is 10.8. The van der Waals surface area contributed by atoms with E-state index in [-0.39, 0.29) is 30.7 Å². The van der Waals surface area contributed by atoms with Crippen LogP contribution in [-0.2, 0) is 16.0 Å². The van der Waals surface area contributed by atoms with Gasteiger partial charge in [0, 0.05) is 23.5 Å². The van der Waals surface area contributed by atoms with E-state index in [1.807, 2.05) is 24.3 Å². The van der Waals surface area contributed by atoms with Crippen LogP contribution in [0.3, 0.4) is 0 Å². The molecule has 0 aliphatic carbocycles. The third-order valence-corrected chi connectivity index (χ3v) is 3.25. The van der Waals surface area contributed by atoms with Crippen LogP contribution in [-0.4, -0.2) is 29.3 Å². The Kier molecular flexibility index (Phi) is 3.59. The van der Waals surface area contributed by atoms with E-state index >= 15 is 0 Å². The molecule has 1 heterocycles. The average molecular weight is 297 g/mol. The maximum absolute atomic E-state index is 11.9. The maximum atomic E-state index is 11.9. The number of halogens is 1. The van der Waals surface area contributed by atoms with Gasteiger partial charge in [-0.1, -0.05) is 28.1 Å². The van der Waals surface area contributed by atoms with Gasteiger partial charge in [-0.25, -0.2) is 0 Å². The molecule has 1 atom stereocenters. The van der Waals surface area contributed by atoms with Crippen molar-refractivity contribution in [3.05, 3.63) is 34.3 Å². The highest BCUT2D eigenvalue weighted by Gasteiger charge is 2.31. The summed E-state index contributed by atoms with van der Waals surface area (Å²) in [6, 6.07) is 7.27. The van der Waals surface area contributed by atoms with Crippen molar-refractivity contribution in [3.8, 4) is 0 Å². The summed E-state index contributed by atoms with van der Waals surface area (Å²) < 4.78 is 0.966. The lowest BCUT2D eigenvalue weighted by atomic mass is 10.1. The first kappa shape index (κ1) is 12.3. The van der Waals surface area contributed by atoms with Crippen molar-refractivity contribution in [2.75, 3.05) is 6.54 Å². The SMILES string of the molecule is NC1CC(=O)N(C(=O)Cc2ccc(Br)cc2)C1. The second-order valence-corrected chi connectivity index (χ2v) is 5.08. The number of hydrogen-bond acceptors (Lipinski definition) is 3. The highest BCUT2D eigenvalue weighted by atomic mass is 79.9. The van der Waals surface area contributed by atoms with Gasteiger partial charge in [-0.3, -0.25) is 14.5 Å². The van der Waals surface area contributed by atoms with E-state index in [9.17, 15) is 9.59 Å². The molecule has 1 unspecified atom stereocenters. The fourth-order valence-electron chi connectivity index (χ4n) is 1.85. The molecule has 1 aliphatic rings. The molecule has 1 saturated heterocycles. The highest BCUT2D eigenvalue weighted by Crippen LogP contribution is 2.14. The Hall–Kier alpha value is -1.20. The molecule has 1 aromatic rings. The highest BCUT2D eigenvalue weighted by molar-refractivity contribution is 9.10. The van der Waals surface area contributed by atoms with E-state index in [2.05, 4.69) is 15.9 Å². The van der Waals surface area contributed by atoms with Crippen molar-refractivity contribution in [1.29, 1.82) is 0 Å². The number of rotatable bonds is 2. The molecule has 0 radical (unpaired) electrons. The minimum absolute atomic E-state index is 0.167. The molecule has 2 N–H and O–H groups in total. The topological polar surface area (TPSA) is 63.4 Å². The van der Waals surface area contributed by atoms with Gasteiger partial charge in [-0.15, -0.1) is 0 Å². The predicted octanol–water partition coefficient (Wildman–Crippen LogP) is 1.08. The molecule has 1 aliphatic heterocycles. The summed E-state index contributed by atoms with van der Waals surface area (Å²) in [6.07, 6.45) is 0.512. The molecule has 17 heavy (non-hydrogen) atoms. The van der Waals surface area contributed by atoms with Crippen LogP contribution in [0.5, 0.6) is 0 Å². The van der Waals surface area contributed by atoms with Crippen LogP contribution in [0.4, 0.5) is 0 Å². The fraction of sp³-hybridized carbons (Fsp3) is 0.333. The summed E-state index contributed by atoms with van der Waals surface area (Å²) in [4.78, 5) is 24.6. The van der Waals surface area contributed by atoms with E-state index in [0.29, 0.717) is 6.54 Å². The first-order valence-electron chi connectivity index (χ1n) is 5.39. The van der Waals surface area contributed by atoms with Gasteiger partial charge in [0.1, 0.15) is 0 Å². The Bertz CT molecular complexity index is 444. The maximum Gasteiger partial charge on any atom is 0.233 e. The quantitative estimate of drug-likeness (QED) is 0.888. The molecule has 1 aromatic carbocycles. The van der Waals surface area contributed by atoms with Crippen molar-refractivity contribution in [1.82, 2.24) is 4.90 Å². The Morgan fingerprint density at radius 3 is 2.59 bits per heavy atom. The Morgan fingerprint density at radius 2 is 2.06 bits per heavy atom. The molecule has 0 spiro atoms. The number of amides is 2.